The van der Waals surface area contributed by atoms with Gasteiger partial charge in [-0.1, -0.05) is 23.5 Å². The number of hydrogen-bond acceptors (Lipinski definition) is 8. The lowest BCUT2D eigenvalue weighted by Gasteiger charge is -2.31. The second-order valence-corrected chi connectivity index (χ2v) is 12.5. The second-order valence-electron chi connectivity index (χ2n) is 9.32. The van der Waals surface area contributed by atoms with Gasteiger partial charge in [0.05, 0.1) is 28.1 Å². The van der Waals surface area contributed by atoms with E-state index in [0.717, 1.165) is 59.5 Å². The van der Waals surface area contributed by atoms with E-state index in [2.05, 4.69) is 16.4 Å². The third-order valence-electron chi connectivity index (χ3n) is 6.69. The van der Waals surface area contributed by atoms with Crippen molar-refractivity contribution in [2.24, 2.45) is 0 Å². The molecule has 2 fully saturated rings. The summed E-state index contributed by atoms with van der Waals surface area (Å²) < 4.78 is 32.6. The molecule has 3 aliphatic rings. The maximum atomic E-state index is 12.9. The molecule has 11 heteroatoms. The van der Waals surface area contributed by atoms with E-state index < -0.39 is 10.0 Å². The van der Waals surface area contributed by atoms with Gasteiger partial charge in [-0.3, -0.25) is 9.21 Å². The Morgan fingerprint density at radius 3 is 2.78 bits per heavy atom. The molecule has 9 nitrogen and oxygen atoms in total. The maximum absolute atomic E-state index is 12.9. The number of aryl methyl sites for hydroxylation is 2. The Morgan fingerprint density at radius 1 is 1.11 bits per heavy atom. The first kappa shape index (κ1) is 23.2. The number of carbonyl (C=O) groups is 1. The highest BCUT2D eigenvalue weighted by Crippen LogP contribution is 2.41. The molecule has 1 saturated carbocycles. The molecule has 1 N–H and O–H groups in total. The van der Waals surface area contributed by atoms with Crippen molar-refractivity contribution in [2.75, 3.05) is 34.2 Å². The molecule has 2 aromatic heterocycles. The summed E-state index contributed by atoms with van der Waals surface area (Å²) in [5.41, 5.74) is 3.79. The van der Waals surface area contributed by atoms with E-state index in [4.69, 9.17) is 9.72 Å². The number of cyclic esters (lactones) is 1. The van der Waals surface area contributed by atoms with Crippen molar-refractivity contribution in [3.63, 3.8) is 0 Å². The lowest BCUT2D eigenvalue weighted by Crippen LogP contribution is -2.38. The minimum atomic E-state index is -3.26. The summed E-state index contributed by atoms with van der Waals surface area (Å²) in [7, 11) is -3.26. The number of pyridine rings is 1. The van der Waals surface area contributed by atoms with Crippen molar-refractivity contribution < 1.29 is 17.9 Å². The van der Waals surface area contributed by atoms with Crippen LogP contribution in [0.2, 0.25) is 0 Å². The van der Waals surface area contributed by atoms with Gasteiger partial charge in [0.25, 0.3) is 0 Å². The number of fused-ring (bicyclic) bond motifs is 1. The van der Waals surface area contributed by atoms with E-state index >= 15 is 0 Å². The van der Waals surface area contributed by atoms with Crippen LogP contribution in [-0.2, 0) is 21.2 Å². The Labute approximate surface area is 214 Å². The Kier molecular flexibility index (Phi) is 5.83. The molecule has 188 valence electrons. The maximum Gasteiger partial charge on any atom is 0.415 e. The highest BCUT2D eigenvalue weighted by atomic mass is 32.2. The topological polar surface area (TPSA) is 105 Å². The predicted octanol–water partition coefficient (Wildman–Crippen LogP) is 4.85. The fourth-order valence-corrected chi connectivity index (χ4v) is 7.64. The zero-order valence-corrected chi connectivity index (χ0v) is 21.6. The van der Waals surface area contributed by atoms with E-state index in [1.165, 1.54) is 16.2 Å². The van der Waals surface area contributed by atoms with Gasteiger partial charge in [-0.05, 0) is 74.4 Å². The molecule has 36 heavy (non-hydrogen) atoms. The van der Waals surface area contributed by atoms with Crippen LogP contribution < -0.4 is 14.5 Å². The van der Waals surface area contributed by atoms with Gasteiger partial charge >= 0.3 is 6.09 Å². The minimum absolute atomic E-state index is 0.215. The molecule has 2 aliphatic heterocycles. The Morgan fingerprint density at radius 2 is 1.97 bits per heavy atom. The first-order valence-electron chi connectivity index (χ1n) is 12.2. The molecule has 0 atom stereocenters. The van der Waals surface area contributed by atoms with Crippen LogP contribution in [0.4, 0.5) is 27.2 Å². The molecule has 1 aromatic carbocycles. The molecular formula is C25H27N5O4S2. The summed E-state index contributed by atoms with van der Waals surface area (Å²) in [6, 6.07) is 11.5. The summed E-state index contributed by atoms with van der Waals surface area (Å²) in [6.45, 7) is 3.53. The summed E-state index contributed by atoms with van der Waals surface area (Å²) >= 11 is 1.52. The van der Waals surface area contributed by atoms with Gasteiger partial charge in [-0.2, -0.15) is 0 Å². The summed E-state index contributed by atoms with van der Waals surface area (Å²) in [6.07, 6.45) is 3.60. The van der Waals surface area contributed by atoms with Gasteiger partial charge in [0.15, 0.2) is 5.13 Å². The van der Waals surface area contributed by atoms with Gasteiger partial charge in [0.2, 0.25) is 10.0 Å². The average molecular weight is 526 g/mol. The third kappa shape index (κ3) is 4.30. The second kappa shape index (κ2) is 9.04. The SMILES string of the molecule is Cc1nc(Nc2cccc(N3CCCOC3=O)n2)sc1-c1ccc2c(c1)CCCN2S(=O)(=O)C1CC1. The van der Waals surface area contributed by atoms with Crippen LogP contribution in [0.3, 0.4) is 0 Å². The van der Waals surface area contributed by atoms with Crippen molar-refractivity contribution in [3.8, 4) is 10.4 Å². The first-order chi connectivity index (χ1) is 17.4. The molecule has 0 spiro atoms. The molecule has 0 unspecified atom stereocenters. The minimum Gasteiger partial charge on any atom is -0.449 e. The van der Waals surface area contributed by atoms with Gasteiger partial charge in [-0.15, -0.1) is 0 Å². The van der Waals surface area contributed by atoms with Crippen LogP contribution >= 0.6 is 11.3 Å². The van der Waals surface area contributed by atoms with Gasteiger partial charge in [0.1, 0.15) is 11.6 Å². The van der Waals surface area contributed by atoms with Crippen molar-refractivity contribution in [3.05, 3.63) is 47.7 Å². The van der Waals surface area contributed by atoms with Crippen LogP contribution in [-0.4, -0.2) is 49.4 Å². The van der Waals surface area contributed by atoms with Crippen molar-refractivity contribution in [1.82, 2.24) is 9.97 Å². The van der Waals surface area contributed by atoms with Gasteiger partial charge < -0.3 is 10.1 Å². The highest BCUT2D eigenvalue weighted by Gasteiger charge is 2.41. The van der Waals surface area contributed by atoms with E-state index in [9.17, 15) is 13.2 Å². The number of sulfonamides is 1. The molecule has 1 aliphatic carbocycles. The smallest absolute Gasteiger partial charge is 0.415 e. The van der Waals surface area contributed by atoms with Crippen LogP contribution in [0.5, 0.6) is 0 Å². The molecule has 0 radical (unpaired) electrons. The normalized spacial score (nSPS) is 18.1. The lowest BCUT2D eigenvalue weighted by molar-refractivity contribution is 0.140. The monoisotopic (exact) mass is 525 g/mol. The summed E-state index contributed by atoms with van der Waals surface area (Å²) in [5.74, 6) is 1.14. The number of rotatable bonds is 6. The van der Waals surface area contributed by atoms with Crippen LogP contribution in [0.15, 0.2) is 36.4 Å². The predicted molar refractivity (Wildman–Crippen MR) is 141 cm³/mol. The number of nitrogens with one attached hydrogen (secondary N) is 1. The van der Waals surface area contributed by atoms with Gasteiger partial charge in [-0.25, -0.2) is 23.2 Å². The molecule has 1 amide bonds. The number of hydrogen-bond donors (Lipinski definition) is 1. The number of carbonyl (C=O) groups excluding carboxylic acids is 1. The standard InChI is InChI=1S/C25H27N5O4S2/c1-16-23(18-8-11-20-17(15-18)5-3-13-30(20)36(32,33)19-9-10-19)35-24(26-16)28-21-6-2-7-22(27-21)29-12-4-14-34-25(29)31/h2,6-8,11,15,19H,3-5,9-10,12-14H2,1H3,(H,26,27,28). The molecule has 6 rings (SSSR count). The fourth-order valence-electron chi connectivity index (χ4n) is 4.74. The molecule has 3 aromatic rings. The first-order valence-corrected chi connectivity index (χ1v) is 14.5. The van der Waals surface area contributed by atoms with Crippen molar-refractivity contribution in [1.29, 1.82) is 0 Å². The molecule has 0 bridgehead atoms. The Balaban J connectivity index is 1.24. The Hall–Kier alpha value is -3.18. The molecule has 4 heterocycles. The van der Waals surface area contributed by atoms with Crippen molar-refractivity contribution in [2.45, 2.75) is 44.3 Å². The van der Waals surface area contributed by atoms with Crippen molar-refractivity contribution >= 4 is 49.9 Å². The quantitative estimate of drug-likeness (QED) is 0.491. The number of amides is 1. The lowest BCUT2D eigenvalue weighted by atomic mass is 10.00. The number of aromatic nitrogens is 2. The van der Waals surface area contributed by atoms with E-state index in [-0.39, 0.29) is 11.3 Å². The zero-order chi connectivity index (χ0) is 24.9. The van der Waals surface area contributed by atoms with E-state index in [1.807, 2.05) is 31.2 Å². The number of thiazole rings is 1. The van der Waals surface area contributed by atoms with Crippen LogP contribution in [0.25, 0.3) is 10.4 Å². The van der Waals surface area contributed by atoms with E-state index in [0.29, 0.717) is 36.5 Å². The fraction of sp³-hybridized carbons (Fsp3) is 0.400. The zero-order valence-electron chi connectivity index (χ0n) is 19.9. The van der Waals surface area contributed by atoms with E-state index in [1.54, 1.807) is 10.4 Å². The molecule has 1 saturated heterocycles. The highest BCUT2D eigenvalue weighted by molar-refractivity contribution is 7.93. The van der Waals surface area contributed by atoms with Gasteiger partial charge in [0, 0.05) is 13.1 Å². The number of ether oxygens (including phenoxy) is 1. The number of anilines is 4. The number of nitrogens with zero attached hydrogens (tertiary/aromatic N) is 4. The summed E-state index contributed by atoms with van der Waals surface area (Å²) in [5, 5.41) is 3.75. The van der Waals surface area contributed by atoms with Crippen LogP contribution in [0, 0.1) is 6.92 Å². The third-order valence-corrected chi connectivity index (χ3v) is 10.1. The Bertz CT molecular complexity index is 1430. The largest absolute Gasteiger partial charge is 0.449 e. The summed E-state index contributed by atoms with van der Waals surface area (Å²) in [4.78, 5) is 23.9. The number of benzene rings is 1. The van der Waals surface area contributed by atoms with Crippen LogP contribution in [0.1, 0.15) is 36.9 Å². The average Bonchev–Trinajstić information content (AvgIpc) is 3.68. The molecular weight excluding hydrogens is 498 g/mol.